The number of halogens is 4. The highest BCUT2D eigenvalue weighted by atomic mass is 35.5. The normalized spacial score (nSPS) is 11.8. The molecule has 0 amide bonds. The summed E-state index contributed by atoms with van der Waals surface area (Å²) in [6.07, 6.45) is -2.51. The molecule has 3 aromatic rings. The van der Waals surface area contributed by atoms with Crippen molar-refractivity contribution in [3.63, 3.8) is 0 Å². The number of rotatable bonds is 5. The van der Waals surface area contributed by atoms with Gasteiger partial charge in [-0.15, -0.1) is 0 Å². The number of allylic oxidation sites excluding steroid dienone is 2. The lowest BCUT2D eigenvalue weighted by molar-refractivity contribution is -0.137. The average Bonchev–Trinajstić information content (AvgIpc) is 3.00. The van der Waals surface area contributed by atoms with Crippen molar-refractivity contribution in [2.45, 2.75) is 39.5 Å². The third-order valence-corrected chi connectivity index (χ3v) is 5.03. The van der Waals surface area contributed by atoms with Crippen LogP contribution in [0.25, 0.3) is 11.2 Å². The zero-order valence-corrected chi connectivity index (χ0v) is 17.4. The van der Waals surface area contributed by atoms with E-state index in [1.807, 2.05) is 19.9 Å². The molecule has 0 aliphatic heterocycles. The van der Waals surface area contributed by atoms with Gasteiger partial charge in [-0.25, -0.2) is 4.79 Å². The van der Waals surface area contributed by atoms with Gasteiger partial charge in [-0.05, 0) is 43.5 Å². The van der Waals surface area contributed by atoms with E-state index in [4.69, 9.17) is 11.6 Å². The van der Waals surface area contributed by atoms with Gasteiger partial charge in [-0.1, -0.05) is 29.8 Å². The minimum absolute atomic E-state index is 0.0743. The molecule has 0 aliphatic rings. The van der Waals surface area contributed by atoms with Gasteiger partial charge >= 0.3 is 11.9 Å². The highest BCUT2D eigenvalue weighted by molar-refractivity contribution is 6.29. The molecule has 2 aromatic heterocycles. The van der Waals surface area contributed by atoms with Crippen molar-refractivity contribution >= 4 is 22.8 Å². The molecule has 10 heteroatoms. The second-order valence-corrected chi connectivity index (χ2v) is 7.53. The van der Waals surface area contributed by atoms with Crippen molar-refractivity contribution in [2.24, 2.45) is 7.05 Å². The van der Waals surface area contributed by atoms with Crippen LogP contribution in [0.3, 0.4) is 0 Å². The Kier molecular flexibility index (Phi) is 5.94. The first-order valence-electron chi connectivity index (χ1n) is 9.15. The van der Waals surface area contributed by atoms with Crippen LogP contribution in [0.15, 0.2) is 45.5 Å². The summed E-state index contributed by atoms with van der Waals surface area (Å²) in [6.45, 7) is 4.03. The Morgan fingerprint density at radius 2 is 1.90 bits per heavy atom. The van der Waals surface area contributed by atoms with Crippen LogP contribution in [-0.4, -0.2) is 18.7 Å². The molecule has 0 radical (unpaired) electrons. The number of nitrogens with zero attached hydrogens (tertiary/aromatic N) is 4. The fourth-order valence-corrected chi connectivity index (χ4v) is 3.36. The Morgan fingerprint density at radius 3 is 2.53 bits per heavy atom. The van der Waals surface area contributed by atoms with Crippen LogP contribution >= 0.6 is 11.6 Å². The largest absolute Gasteiger partial charge is 0.416 e. The van der Waals surface area contributed by atoms with E-state index in [-0.39, 0.29) is 29.4 Å². The number of alkyl halides is 3. The standard InChI is InChI=1S/C20H20ClF3N4O2/c1-12(2)7-9-27-15-16(25-18(27)21)26(3)19(30)28(17(15)29)10-8-13-5-4-6-14(11-13)20(22,23)24/h4-7,11H,8-10H2,1-3H3. The molecule has 0 aliphatic carbocycles. The molecule has 0 N–H and O–H groups in total. The number of hydrogen-bond acceptors (Lipinski definition) is 3. The number of aromatic nitrogens is 4. The lowest BCUT2D eigenvalue weighted by Gasteiger charge is -2.11. The molecular weight excluding hydrogens is 421 g/mol. The number of fused-ring (bicyclic) bond motifs is 1. The number of imidazole rings is 1. The van der Waals surface area contributed by atoms with E-state index in [0.717, 1.165) is 22.3 Å². The van der Waals surface area contributed by atoms with Gasteiger partial charge in [0, 0.05) is 20.1 Å². The first-order valence-corrected chi connectivity index (χ1v) is 9.53. The summed E-state index contributed by atoms with van der Waals surface area (Å²) in [5, 5.41) is 0.0743. The second kappa shape index (κ2) is 8.14. The van der Waals surface area contributed by atoms with E-state index in [2.05, 4.69) is 4.98 Å². The molecule has 6 nitrogen and oxygen atoms in total. The van der Waals surface area contributed by atoms with Crippen molar-refractivity contribution in [1.82, 2.24) is 18.7 Å². The van der Waals surface area contributed by atoms with Crippen LogP contribution in [-0.2, 0) is 32.7 Å². The van der Waals surface area contributed by atoms with E-state index < -0.39 is 23.0 Å². The molecule has 0 spiro atoms. The number of aryl methyl sites for hydroxylation is 2. The highest BCUT2D eigenvalue weighted by Gasteiger charge is 2.30. The number of benzene rings is 1. The van der Waals surface area contributed by atoms with Crippen LogP contribution in [0, 0.1) is 0 Å². The minimum atomic E-state index is -4.46. The predicted octanol–water partition coefficient (Wildman–Crippen LogP) is 3.78. The second-order valence-electron chi connectivity index (χ2n) is 7.19. The number of hydrogen-bond donors (Lipinski definition) is 0. The molecule has 0 unspecified atom stereocenters. The van der Waals surface area contributed by atoms with Gasteiger partial charge < -0.3 is 4.57 Å². The summed E-state index contributed by atoms with van der Waals surface area (Å²) < 4.78 is 42.5. The Hall–Kier alpha value is -2.81. The smallest absolute Gasteiger partial charge is 0.305 e. The van der Waals surface area contributed by atoms with E-state index in [1.165, 1.54) is 28.3 Å². The summed E-state index contributed by atoms with van der Waals surface area (Å²) in [7, 11) is 1.47. The molecule has 0 atom stereocenters. The summed E-state index contributed by atoms with van der Waals surface area (Å²) in [4.78, 5) is 29.9. The van der Waals surface area contributed by atoms with Crippen LogP contribution in [0.5, 0.6) is 0 Å². The van der Waals surface area contributed by atoms with Crippen LogP contribution in [0.2, 0.25) is 5.28 Å². The monoisotopic (exact) mass is 440 g/mol. The summed E-state index contributed by atoms with van der Waals surface area (Å²) in [5.41, 5.74) is -0.249. The third-order valence-electron chi connectivity index (χ3n) is 4.75. The van der Waals surface area contributed by atoms with E-state index in [1.54, 1.807) is 0 Å². The lowest BCUT2D eigenvalue weighted by atomic mass is 10.1. The molecule has 30 heavy (non-hydrogen) atoms. The van der Waals surface area contributed by atoms with Crippen molar-refractivity contribution in [1.29, 1.82) is 0 Å². The topological polar surface area (TPSA) is 61.8 Å². The molecule has 0 fully saturated rings. The van der Waals surface area contributed by atoms with Crippen molar-refractivity contribution in [3.8, 4) is 0 Å². The molecule has 1 aromatic carbocycles. The zero-order valence-electron chi connectivity index (χ0n) is 16.6. The highest BCUT2D eigenvalue weighted by Crippen LogP contribution is 2.29. The van der Waals surface area contributed by atoms with Crippen molar-refractivity contribution in [3.05, 3.63) is 73.2 Å². The van der Waals surface area contributed by atoms with Crippen molar-refractivity contribution in [2.75, 3.05) is 0 Å². The Balaban J connectivity index is 2.05. The van der Waals surface area contributed by atoms with E-state index in [9.17, 15) is 22.8 Å². The summed E-state index contributed by atoms with van der Waals surface area (Å²) in [5.74, 6) is 0. The minimum Gasteiger partial charge on any atom is -0.305 e. The SMILES string of the molecule is CC(C)=CCn1c(Cl)nc2c1c(=O)n(CCc1cccc(C(F)(F)F)c1)c(=O)n2C. The molecule has 0 saturated heterocycles. The lowest BCUT2D eigenvalue weighted by Crippen LogP contribution is -2.40. The maximum atomic E-state index is 13.1. The molecule has 160 valence electrons. The molecular formula is C20H20ClF3N4O2. The fourth-order valence-electron chi connectivity index (χ4n) is 3.13. The first kappa shape index (κ1) is 21.9. The summed E-state index contributed by atoms with van der Waals surface area (Å²) in [6, 6.07) is 4.82. The van der Waals surface area contributed by atoms with Gasteiger partial charge in [0.15, 0.2) is 11.2 Å². The average molecular weight is 441 g/mol. The van der Waals surface area contributed by atoms with Gasteiger partial charge in [0.2, 0.25) is 5.28 Å². The summed E-state index contributed by atoms with van der Waals surface area (Å²) >= 11 is 6.19. The molecule has 0 saturated carbocycles. The predicted molar refractivity (Wildman–Crippen MR) is 109 cm³/mol. The molecule has 3 rings (SSSR count). The molecule has 2 heterocycles. The Bertz CT molecular complexity index is 1250. The van der Waals surface area contributed by atoms with Crippen LogP contribution < -0.4 is 11.2 Å². The van der Waals surface area contributed by atoms with E-state index in [0.29, 0.717) is 12.1 Å². The third kappa shape index (κ3) is 4.21. The maximum absolute atomic E-state index is 13.1. The van der Waals surface area contributed by atoms with Gasteiger partial charge in [0.25, 0.3) is 5.56 Å². The fraction of sp³-hybridized carbons (Fsp3) is 0.350. The first-order chi connectivity index (χ1) is 14.0. The molecule has 0 bridgehead atoms. The van der Waals surface area contributed by atoms with Crippen LogP contribution in [0.4, 0.5) is 13.2 Å². The maximum Gasteiger partial charge on any atom is 0.416 e. The Morgan fingerprint density at radius 1 is 1.20 bits per heavy atom. The van der Waals surface area contributed by atoms with Crippen molar-refractivity contribution < 1.29 is 13.2 Å². The van der Waals surface area contributed by atoms with Gasteiger partial charge in [-0.3, -0.25) is 13.9 Å². The quantitative estimate of drug-likeness (QED) is 0.448. The van der Waals surface area contributed by atoms with Crippen LogP contribution in [0.1, 0.15) is 25.0 Å². The van der Waals surface area contributed by atoms with Gasteiger partial charge in [0.1, 0.15) is 0 Å². The Labute approximate surface area is 174 Å². The van der Waals surface area contributed by atoms with Gasteiger partial charge in [0.05, 0.1) is 5.56 Å². The van der Waals surface area contributed by atoms with Gasteiger partial charge in [-0.2, -0.15) is 18.2 Å². The van der Waals surface area contributed by atoms with E-state index >= 15 is 0 Å². The zero-order chi connectivity index (χ0) is 22.2.